The molecule has 0 fully saturated rings. The largest absolute Gasteiger partial charge is 0.492 e. The first-order valence-electron chi connectivity index (χ1n) is 7.32. The number of hydrogen-bond donors (Lipinski definition) is 2. The van der Waals surface area contributed by atoms with Crippen LogP contribution in [-0.2, 0) is 6.42 Å². The molecule has 1 aromatic heterocycles. The molecule has 4 nitrogen and oxygen atoms in total. The first kappa shape index (κ1) is 15.5. The van der Waals surface area contributed by atoms with Gasteiger partial charge in [-0.15, -0.1) is 0 Å². The van der Waals surface area contributed by atoms with E-state index in [2.05, 4.69) is 48.5 Å². The van der Waals surface area contributed by atoms with Crippen molar-refractivity contribution in [1.82, 2.24) is 10.4 Å². The number of hydrazine groups is 1. The van der Waals surface area contributed by atoms with Crippen molar-refractivity contribution in [2.24, 2.45) is 5.84 Å². The van der Waals surface area contributed by atoms with E-state index in [0.29, 0.717) is 6.61 Å². The fraction of sp³-hybridized carbons (Fsp3) is 0.353. The third-order valence-corrected chi connectivity index (χ3v) is 3.37. The quantitative estimate of drug-likeness (QED) is 0.606. The lowest BCUT2D eigenvalue weighted by Gasteiger charge is -2.17. The van der Waals surface area contributed by atoms with Crippen molar-refractivity contribution in [3.05, 3.63) is 59.4 Å². The minimum atomic E-state index is 0.0189. The number of ether oxygens (including phenoxy) is 1. The molecular formula is C17H23N3O. The molecule has 2 rings (SSSR count). The smallest absolute Gasteiger partial charge is 0.137 e. The molecule has 3 N–H and O–H groups in total. The first-order valence-corrected chi connectivity index (χ1v) is 7.32. The number of hydrogen-bond acceptors (Lipinski definition) is 4. The molecule has 1 atom stereocenters. The van der Waals surface area contributed by atoms with Crippen molar-refractivity contribution in [1.29, 1.82) is 0 Å². The topological polar surface area (TPSA) is 60.2 Å². The molecule has 0 spiro atoms. The number of nitrogens with one attached hydrogen (secondary N) is 1. The predicted molar refractivity (Wildman–Crippen MR) is 85.0 cm³/mol. The van der Waals surface area contributed by atoms with Crippen LogP contribution in [0.1, 0.15) is 36.1 Å². The molecule has 1 unspecified atom stereocenters. The van der Waals surface area contributed by atoms with Crippen molar-refractivity contribution in [2.45, 2.75) is 32.7 Å². The number of benzene rings is 1. The highest BCUT2D eigenvalue weighted by atomic mass is 16.5. The summed E-state index contributed by atoms with van der Waals surface area (Å²) in [6.45, 7) is 4.86. The van der Waals surface area contributed by atoms with Crippen molar-refractivity contribution in [3.8, 4) is 5.75 Å². The lowest BCUT2D eigenvalue weighted by atomic mass is 10.00. The normalized spacial score (nSPS) is 12.1. The van der Waals surface area contributed by atoms with Crippen LogP contribution in [0.25, 0.3) is 0 Å². The summed E-state index contributed by atoms with van der Waals surface area (Å²) in [6, 6.07) is 10.5. The fourth-order valence-corrected chi connectivity index (χ4v) is 2.16. The van der Waals surface area contributed by atoms with Crippen LogP contribution >= 0.6 is 0 Å². The minimum absolute atomic E-state index is 0.0189. The van der Waals surface area contributed by atoms with E-state index >= 15 is 0 Å². The monoisotopic (exact) mass is 285 g/mol. The summed E-state index contributed by atoms with van der Waals surface area (Å²) in [5, 5.41) is 0. The Labute approximate surface area is 126 Å². The Morgan fingerprint density at radius 1 is 1.24 bits per heavy atom. The highest BCUT2D eigenvalue weighted by molar-refractivity contribution is 5.29. The zero-order chi connectivity index (χ0) is 15.1. The molecule has 0 bridgehead atoms. The van der Waals surface area contributed by atoms with Crippen LogP contribution in [0.15, 0.2) is 42.7 Å². The Kier molecular flexibility index (Phi) is 5.72. The second-order valence-electron chi connectivity index (χ2n) is 5.21. The van der Waals surface area contributed by atoms with Gasteiger partial charge in [0.05, 0.1) is 18.8 Å². The van der Waals surface area contributed by atoms with Crippen LogP contribution < -0.4 is 16.0 Å². The lowest BCUT2D eigenvalue weighted by Crippen LogP contribution is -2.29. The van der Waals surface area contributed by atoms with E-state index in [1.165, 1.54) is 11.1 Å². The number of nitrogens with two attached hydrogens (primary N) is 1. The molecule has 0 saturated heterocycles. The standard InChI is InChI=1S/C17H23N3O/c1-3-8-21-16-10-15(11-19-12-16)17(20-18)9-14-6-4-13(2)5-7-14/h4-7,10-12,17,20H,3,8-9,18H2,1-2H3. The number of aromatic nitrogens is 1. The Bertz CT molecular complexity index is 554. The van der Waals surface area contributed by atoms with Gasteiger partial charge in [-0.1, -0.05) is 36.8 Å². The molecule has 4 heteroatoms. The van der Waals surface area contributed by atoms with Gasteiger partial charge in [-0.3, -0.25) is 16.3 Å². The van der Waals surface area contributed by atoms with Crippen LogP contribution in [0, 0.1) is 6.92 Å². The van der Waals surface area contributed by atoms with Gasteiger partial charge in [-0.05, 0) is 37.0 Å². The minimum Gasteiger partial charge on any atom is -0.492 e. The summed E-state index contributed by atoms with van der Waals surface area (Å²) >= 11 is 0. The van der Waals surface area contributed by atoms with E-state index in [1.54, 1.807) is 6.20 Å². The summed E-state index contributed by atoms with van der Waals surface area (Å²) in [7, 11) is 0. The second-order valence-corrected chi connectivity index (χ2v) is 5.21. The molecule has 112 valence electrons. The zero-order valence-corrected chi connectivity index (χ0v) is 12.7. The molecule has 0 radical (unpaired) electrons. The Morgan fingerprint density at radius 2 is 2.00 bits per heavy atom. The highest BCUT2D eigenvalue weighted by Crippen LogP contribution is 2.21. The predicted octanol–water partition coefficient (Wildman–Crippen LogP) is 2.93. The maximum atomic E-state index is 5.71. The summed E-state index contributed by atoms with van der Waals surface area (Å²) < 4.78 is 5.63. The van der Waals surface area contributed by atoms with E-state index in [-0.39, 0.29) is 6.04 Å². The van der Waals surface area contributed by atoms with Gasteiger partial charge in [0.2, 0.25) is 0 Å². The van der Waals surface area contributed by atoms with Crippen molar-refractivity contribution in [3.63, 3.8) is 0 Å². The van der Waals surface area contributed by atoms with E-state index in [9.17, 15) is 0 Å². The third kappa shape index (κ3) is 4.55. The fourth-order valence-electron chi connectivity index (χ4n) is 2.16. The van der Waals surface area contributed by atoms with Crippen LogP contribution in [0.2, 0.25) is 0 Å². The molecule has 21 heavy (non-hydrogen) atoms. The van der Waals surface area contributed by atoms with Crippen LogP contribution in [0.4, 0.5) is 0 Å². The zero-order valence-electron chi connectivity index (χ0n) is 12.7. The molecule has 2 aromatic rings. The Hall–Kier alpha value is -1.91. The second kappa shape index (κ2) is 7.76. The van der Waals surface area contributed by atoms with E-state index < -0.39 is 0 Å². The third-order valence-electron chi connectivity index (χ3n) is 3.37. The van der Waals surface area contributed by atoms with Crippen LogP contribution in [0.5, 0.6) is 5.75 Å². The average Bonchev–Trinajstić information content (AvgIpc) is 2.52. The van der Waals surface area contributed by atoms with E-state index in [4.69, 9.17) is 10.6 Å². The molecule has 0 amide bonds. The van der Waals surface area contributed by atoms with Gasteiger partial charge in [0, 0.05) is 6.20 Å². The number of rotatable bonds is 7. The Morgan fingerprint density at radius 3 is 2.67 bits per heavy atom. The average molecular weight is 285 g/mol. The number of aryl methyl sites for hydroxylation is 1. The maximum Gasteiger partial charge on any atom is 0.137 e. The van der Waals surface area contributed by atoms with Gasteiger partial charge >= 0.3 is 0 Å². The van der Waals surface area contributed by atoms with Crippen molar-refractivity contribution in [2.75, 3.05) is 6.61 Å². The van der Waals surface area contributed by atoms with E-state index in [0.717, 1.165) is 24.2 Å². The van der Waals surface area contributed by atoms with Crippen LogP contribution in [-0.4, -0.2) is 11.6 Å². The Balaban J connectivity index is 2.11. The van der Waals surface area contributed by atoms with Crippen LogP contribution in [0.3, 0.4) is 0 Å². The van der Waals surface area contributed by atoms with Gasteiger partial charge in [0.1, 0.15) is 5.75 Å². The molecule has 0 saturated carbocycles. The van der Waals surface area contributed by atoms with E-state index in [1.807, 2.05) is 12.3 Å². The molecule has 0 aliphatic heterocycles. The van der Waals surface area contributed by atoms with Crippen molar-refractivity contribution >= 4 is 0 Å². The van der Waals surface area contributed by atoms with Crippen molar-refractivity contribution < 1.29 is 4.74 Å². The van der Waals surface area contributed by atoms with Gasteiger partial charge in [-0.2, -0.15) is 0 Å². The highest BCUT2D eigenvalue weighted by Gasteiger charge is 2.12. The SMILES string of the molecule is CCCOc1cncc(C(Cc2ccc(C)cc2)NN)c1. The summed E-state index contributed by atoms with van der Waals surface area (Å²) in [4.78, 5) is 4.24. The summed E-state index contributed by atoms with van der Waals surface area (Å²) in [5.74, 6) is 6.50. The molecule has 1 aromatic carbocycles. The molecular weight excluding hydrogens is 262 g/mol. The number of pyridine rings is 1. The molecule has 0 aliphatic carbocycles. The summed E-state index contributed by atoms with van der Waals surface area (Å²) in [5.41, 5.74) is 6.40. The summed E-state index contributed by atoms with van der Waals surface area (Å²) in [6.07, 6.45) is 5.36. The lowest BCUT2D eigenvalue weighted by molar-refractivity contribution is 0.315. The first-order chi connectivity index (χ1) is 10.2. The maximum absolute atomic E-state index is 5.71. The van der Waals surface area contributed by atoms with Gasteiger partial charge in [0.15, 0.2) is 0 Å². The van der Waals surface area contributed by atoms with Gasteiger partial charge in [0.25, 0.3) is 0 Å². The molecule has 0 aliphatic rings. The number of nitrogens with zero attached hydrogens (tertiary/aromatic N) is 1. The molecule has 1 heterocycles. The van der Waals surface area contributed by atoms with Gasteiger partial charge < -0.3 is 4.74 Å². The van der Waals surface area contributed by atoms with Gasteiger partial charge in [-0.25, -0.2) is 0 Å².